The number of aromatic carboxylic acids is 1. The molecule has 0 spiro atoms. The quantitative estimate of drug-likeness (QED) is 0.762. The molecule has 0 aliphatic heterocycles. The summed E-state index contributed by atoms with van der Waals surface area (Å²) in [7, 11) is 0. The van der Waals surface area contributed by atoms with Gasteiger partial charge in [-0.1, -0.05) is 0 Å². The van der Waals surface area contributed by atoms with E-state index in [0.717, 1.165) is 18.2 Å². The lowest BCUT2D eigenvalue weighted by Crippen LogP contribution is -2.05. The molecule has 2 rings (SSSR count). The zero-order valence-corrected chi connectivity index (χ0v) is 7.53. The molecule has 0 radical (unpaired) electrons. The lowest BCUT2D eigenvalue weighted by atomic mass is 10.2. The van der Waals surface area contributed by atoms with Crippen LogP contribution in [0.4, 0.5) is 0 Å². The van der Waals surface area contributed by atoms with Crippen LogP contribution in [-0.4, -0.2) is 20.9 Å². The van der Waals surface area contributed by atoms with Gasteiger partial charge >= 0.3 is 5.97 Å². The van der Waals surface area contributed by atoms with E-state index in [-0.39, 0.29) is 0 Å². The van der Waals surface area contributed by atoms with E-state index in [9.17, 15) is 4.79 Å². The van der Waals surface area contributed by atoms with Gasteiger partial charge in [-0.3, -0.25) is 4.68 Å². The molecule has 1 aliphatic carbocycles. The molecule has 70 valence electrons. The Kier molecular flexibility index (Phi) is 1.83. The van der Waals surface area contributed by atoms with Crippen LogP contribution in [0.1, 0.15) is 28.9 Å². The van der Waals surface area contributed by atoms with Crippen molar-refractivity contribution >= 4 is 5.97 Å². The summed E-state index contributed by atoms with van der Waals surface area (Å²) in [6.45, 7) is 2.68. The smallest absolute Gasteiger partial charge is 0.339 e. The van der Waals surface area contributed by atoms with Crippen molar-refractivity contribution in [1.29, 1.82) is 0 Å². The molecule has 0 bridgehead atoms. The molecule has 4 nitrogen and oxygen atoms in total. The van der Waals surface area contributed by atoms with Crippen LogP contribution in [0.3, 0.4) is 0 Å². The average Bonchev–Trinajstić information content (AvgIpc) is 2.78. The Hall–Kier alpha value is -1.32. The van der Waals surface area contributed by atoms with Crippen molar-refractivity contribution < 1.29 is 9.90 Å². The Morgan fingerprint density at radius 1 is 1.77 bits per heavy atom. The first-order chi connectivity index (χ1) is 6.18. The SMILES string of the molecule is Cc1c(C(=O)O)cnn1CC1CC1. The summed E-state index contributed by atoms with van der Waals surface area (Å²) in [6.07, 6.45) is 3.93. The minimum Gasteiger partial charge on any atom is -0.478 e. The molecule has 1 aromatic heterocycles. The molecule has 0 amide bonds. The predicted molar refractivity (Wildman–Crippen MR) is 46.6 cm³/mol. The largest absolute Gasteiger partial charge is 0.478 e. The van der Waals surface area contributed by atoms with Gasteiger partial charge in [0.2, 0.25) is 0 Å². The molecule has 1 aromatic rings. The third-order valence-electron chi connectivity index (χ3n) is 2.46. The minimum absolute atomic E-state index is 0.320. The topological polar surface area (TPSA) is 55.1 Å². The zero-order valence-electron chi connectivity index (χ0n) is 7.53. The Bertz CT molecular complexity index is 339. The normalized spacial score (nSPS) is 16.1. The maximum absolute atomic E-state index is 10.7. The number of nitrogens with zero attached hydrogens (tertiary/aromatic N) is 2. The van der Waals surface area contributed by atoms with Crippen molar-refractivity contribution in [2.45, 2.75) is 26.3 Å². The van der Waals surface area contributed by atoms with Crippen LogP contribution in [0.15, 0.2) is 6.20 Å². The average molecular weight is 180 g/mol. The van der Waals surface area contributed by atoms with Crippen LogP contribution < -0.4 is 0 Å². The van der Waals surface area contributed by atoms with Gasteiger partial charge in [0.05, 0.1) is 6.20 Å². The maximum atomic E-state index is 10.7. The van der Waals surface area contributed by atoms with Crippen molar-refractivity contribution in [3.05, 3.63) is 17.5 Å². The third-order valence-corrected chi connectivity index (χ3v) is 2.46. The van der Waals surface area contributed by atoms with Crippen LogP contribution >= 0.6 is 0 Å². The van der Waals surface area contributed by atoms with Crippen molar-refractivity contribution in [3.8, 4) is 0 Å². The molecular weight excluding hydrogens is 168 g/mol. The molecule has 1 saturated carbocycles. The van der Waals surface area contributed by atoms with Crippen LogP contribution in [-0.2, 0) is 6.54 Å². The number of carboxylic acid groups (broad SMARTS) is 1. The molecule has 4 heteroatoms. The fourth-order valence-corrected chi connectivity index (χ4v) is 1.39. The summed E-state index contributed by atoms with van der Waals surface area (Å²) in [5, 5.41) is 12.8. The fourth-order valence-electron chi connectivity index (χ4n) is 1.39. The van der Waals surface area contributed by atoms with E-state index in [0.29, 0.717) is 5.56 Å². The lowest BCUT2D eigenvalue weighted by Gasteiger charge is -2.01. The van der Waals surface area contributed by atoms with E-state index in [1.54, 1.807) is 11.6 Å². The molecule has 0 unspecified atom stereocenters. The minimum atomic E-state index is -0.889. The molecular formula is C9H12N2O2. The van der Waals surface area contributed by atoms with Crippen LogP contribution in [0.25, 0.3) is 0 Å². The van der Waals surface area contributed by atoms with Crippen molar-refractivity contribution in [2.24, 2.45) is 5.92 Å². The fraction of sp³-hybridized carbons (Fsp3) is 0.556. The number of hydrogen-bond donors (Lipinski definition) is 1. The first-order valence-corrected chi connectivity index (χ1v) is 4.44. The highest BCUT2D eigenvalue weighted by molar-refractivity contribution is 5.88. The van der Waals surface area contributed by atoms with Crippen molar-refractivity contribution in [1.82, 2.24) is 9.78 Å². The predicted octanol–water partition coefficient (Wildman–Crippen LogP) is 1.30. The first-order valence-electron chi connectivity index (χ1n) is 4.44. The van der Waals surface area contributed by atoms with E-state index < -0.39 is 5.97 Å². The molecule has 13 heavy (non-hydrogen) atoms. The highest BCUT2D eigenvalue weighted by atomic mass is 16.4. The second-order valence-electron chi connectivity index (χ2n) is 3.57. The van der Waals surface area contributed by atoms with Crippen LogP contribution in [0.2, 0.25) is 0 Å². The molecule has 1 heterocycles. The number of aromatic nitrogens is 2. The van der Waals surface area contributed by atoms with E-state index in [1.165, 1.54) is 19.0 Å². The Morgan fingerprint density at radius 2 is 2.46 bits per heavy atom. The molecule has 1 fully saturated rings. The molecule has 0 atom stereocenters. The molecule has 1 N–H and O–H groups in total. The summed E-state index contributed by atoms with van der Waals surface area (Å²) in [5.41, 5.74) is 1.08. The highest BCUT2D eigenvalue weighted by Crippen LogP contribution is 2.30. The summed E-state index contributed by atoms with van der Waals surface area (Å²) >= 11 is 0. The van der Waals surface area contributed by atoms with E-state index in [2.05, 4.69) is 5.10 Å². The summed E-state index contributed by atoms with van der Waals surface area (Å²) < 4.78 is 1.79. The molecule has 0 saturated heterocycles. The highest BCUT2D eigenvalue weighted by Gasteiger charge is 2.23. The number of rotatable bonds is 3. The van der Waals surface area contributed by atoms with Gasteiger partial charge in [0, 0.05) is 12.2 Å². The van der Waals surface area contributed by atoms with Gasteiger partial charge in [-0.05, 0) is 25.7 Å². The first kappa shape index (κ1) is 8.29. The van der Waals surface area contributed by atoms with Crippen molar-refractivity contribution in [2.75, 3.05) is 0 Å². The van der Waals surface area contributed by atoms with Gasteiger partial charge in [0.1, 0.15) is 5.56 Å². The second-order valence-corrected chi connectivity index (χ2v) is 3.57. The van der Waals surface area contributed by atoms with Crippen LogP contribution in [0.5, 0.6) is 0 Å². The summed E-state index contributed by atoms with van der Waals surface area (Å²) in [6, 6.07) is 0. The van der Waals surface area contributed by atoms with Crippen LogP contribution in [0, 0.1) is 12.8 Å². The molecule has 0 aromatic carbocycles. The van der Waals surface area contributed by atoms with E-state index in [1.807, 2.05) is 0 Å². The van der Waals surface area contributed by atoms with Gasteiger partial charge in [0.15, 0.2) is 0 Å². The zero-order chi connectivity index (χ0) is 9.42. The number of carbonyl (C=O) groups is 1. The Labute approximate surface area is 76.2 Å². The van der Waals surface area contributed by atoms with E-state index >= 15 is 0 Å². The van der Waals surface area contributed by atoms with E-state index in [4.69, 9.17) is 5.11 Å². The van der Waals surface area contributed by atoms with Gasteiger partial charge in [-0.15, -0.1) is 0 Å². The van der Waals surface area contributed by atoms with Gasteiger partial charge in [0.25, 0.3) is 0 Å². The lowest BCUT2D eigenvalue weighted by molar-refractivity contribution is 0.0696. The third kappa shape index (κ3) is 1.56. The number of carboxylic acids is 1. The Balaban J connectivity index is 2.21. The van der Waals surface area contributed by atoms with Crippen molar-refractivity contribution in [3.63, 3.8) is 0 Å². The summed E-state index contributed by atoms with van der Waals surface area (Å²) in [5.74, 6) is -0.167. The van der Waals surface area contributed by atoms with Gasteiger partial charge < -0.3 is 5.11 Å². The van der Waals surface area contributed by atoms with Gasteiger partial charge in [-0.25, -0.2) is 4.79 Å². The second kappa shape index (κ2) is 2.87. The maximum Gasteiger partial charge on any atom is 0.339 e. The van der Waals surface area contributed by atoms with Gasteiger partial charge in [-0.2, -0.15) is 5.10 Å². The number of hydrogen-bond acceptors (Lipinski definition) is 2. The monoisotopic (exact) mass is 180 g/mol. The standard InChI is InChI=1S/C9H12N2O2/c1-6-8(9(12)13)4-10-11(6)5-7-2-3-7/h4,7H,2-3,5H2,1H3,(H,12,13). The summed E-state index contributed by atoms with van der Waals surface area (Å²) in [4.78, 5) is 10.7. The molecule has 1 aliphatic rings. The Morgan fingerprint density at radius 3 is 2.92 bits per heavy atom.